The topological polar surface area (TPSA) is 154 Å². The van der Waals surface area contributed by atoms with Crippen LogP contribution in [0.25, 0.3) is 0 Å². The number of nitrogens with zero attached hydrogens (tertiary/aromatic N) is 1. The molecule has 0 spiro atoms. The van der Waals surface area contributed by atoms with Gasteiger partial charge in [-0.05, 0) is 48.6 Å². The molecule has 0 bridgehead atoms. The van der Waals surface area contributed by atoms with Crippen molar-refractivity contribution in [2.45, 2.75) is 90.9 Å². The molecule has 11 nitrogen and oxygen atoms in total. The summed E-state index contributed by atoms with van der Waals surface area (Å²) in [4.78, 5) is 53.5. The molecule has 0 fully saturated rings. The molecule has 0 saturated heterocycles. The van der Waals surface area contributed by atoms with Gasteiger partial charge in [-0.1, -0.05) is 97.0 Å². The van der Waals surface area contributed by atoms with Crippen LogP contribution in [0.1, 0.15) is 66.5 Å². The lowest BCUT2D eigenvalue weighted by Crippen LogP contribution is -2.61. The van der Waals surface area contributed by atoms with Gasteiger partial charge in [-0.25, -0.2) is 13.1 Å². The van der Waals surface area contributed by atoms with Crippen LogP contribution in [-0.2, 0) is 40.4 Å². The number of halogens is 3. The Morgan fingerprint density at radius 1 is 0.882 bits per heavy atom. The quantitative estimate of drug-likeness (QED) is 0.206. The number of anilines is 1. The summed E-state index contributed by atoms with van der Waals surface area (Å²) in [5.41, 5.74) is -0.448. The van der Waals surface area contributed by atoms with Gasteiger partial charge < -0.3 is 20.9 Å². The van der Waals surface area contributed by atoms with Crippen molar-refractivity contribution in [2.24, 2.45) is 11.3 Å². The van der Waals surface area contributed by atoms with E-state index in [1.807, 2.05) is 83.5 Å². The molecule has 0 aromatic heterocycles. The average molecular weight is 738 g/mol. The lowest BCUT2D eigenvalue weighted by molar-refractivity contribution is -0.167. The number of carbonyl (C=O) groups is 4. The predicted molar refractivity (Wildman–Crippen MR) is 191 cm³/mol. The van der Waals surface area contributed by atoms with E-state index in [0.29, 0.717) is 0 Å². The molecule has 4 amide bonds. The van der Waals surface area contributed by atoms with Crippen LogP contribution in [0.2, 0.25) is 0 Å². The molecule has 3 atom stereocenters. The second-order valence-electron chi connectivity index (χ2n) is 14.5. The van der Waals surface area contributed by atoms with E-state index in [1.54, 1.807) is 19.4 Å². The molecule has 0 saturated carbocycles. The molecule has 2 aromatic carbocycles. The van der Waals surface area contributed by atoms with Crippen LogP contribution >= 0.6 is 0 Å². The zero-order valence-corrected chi connectivity index (χ0v) is 31.5. The minimum absolute atomic E-state index is 0.0123. The SMILES string of the molecule is CNC(C(=O)NC(C(=O)N(C)C(C=C(C)C(=O)NS(=O)(=O)Cc1ccc(NC(=O)C(F)(F)F)cc1)C(C)C)C(C)(C)C)C(C)(C)c1ccccc1. The number of benzene rings is 2. The fourth-order valence-electron chi connectivity index (χ4n) is 5.53. The van der Waals surface area contributed by atoms with Crippen LogP contribution in [-0.4, -0.2) is 75.3 Å². The van der Waals surface area contributed by atoms with Crippen LogP contribution in [0.3, 0.4) is 0 Å². The van der Waals surface area contributed by atoms with E-state index in [2.05, 4.69) is 10.6 Å². The average Bonchev–Trinajstić information content (AvgIpc) is 3.01. The Morgan fingerprint density at radius 2 is 1.43 bits per heavy atom. The van der Waals surface area contributed by atoms with Crippen molar-refractivity contribution in [3.63, 3.8) is 0 Å². The zero-order valence-electron chi connectivity index (χ0n) is 30.7. The number of alkyl halides is 3. The van der Waals surface area contributed by atoms with Gasteiger partial charge in [-0.3, -0.25) is 19.2 Å². The van der Waals surface area contributed by atoms with Crippen molar-refractivity contribution in [1.29, 1.82) is 0 Å². The summed E-state index contributed by atoms with van der Waals surface area (Å²) in [7, 11) is -1.02. The van der Waals surface area contributed by atoms with Gasteiger partial charge in [0, 0.05) is 23.7 Å². The maximum Gasteiger partial charge on any atom is 0.471 e. The van der Waals surface area contributed by atoms with Crippen molar-refractivity contribution >= 4 is 39.3 Å². The number of hydrogen-bond donors (Lipinski definition) is 4. The summed E-state index contributed by atoms with van der Waals surface area (Å²) in [5.74, 6) is -4.79. The van der Waals surface area contributed by atoms with E-state index in [9.17, 15) is 40.8 Å². The molecule has 0 aliphatic carbocycles. The van der Waals surface area contributed by atoms with Gasteiger partial charge in [-0.15, -0.1) is 0 Å². The van der Waals surface area contributed by atoms with E-state index in [1.165, 1.54) is 30.0 Å². The molecule has 0 radical (unpaired) electrons. The van der Waals surface area contributed by atoms with Gasteiger partial charge in [-0.2, -0.15) is 13.2 Å². The van der Waals surface area contributed by atoms with Crippen molar-refractivity contribution in [3.8, 4) is 0 Å². The molecule has 0 aliphatic rings. The largest absolute Gasteiger partial charge is 0.471 e. The lowest BCUT2D eigenvalue weighted by Gasteiger charge is -2.40. The zero-order chi connectivity index (χ0) is 39.1. The highest BCUT2D eigenvalue weighted by Gasteiger charge is 2.42. The summed E-state index contributed by atoms with van der Waals surface area (Å²) in [6, 6.07) is 11.9. The summed E-state index contributed by atoms with van der Waals surface area (Å²) in [6.07, 6.45) is -3.60. The van der Waals surface area contributed by atoms with Crippen LogP contribution in [0.5, 0.6) is 0 Å². The Morgan fingerprint density at radius 3 is 1.90 bits per heavy atom. The molecule has 0 heterocycles. The number of nitrogens with one attached hydrogen (secondary N) is 4. The van der Waals surface area contributed by atoms with Gasteiger partial charge in [0.05, 0.1) is 17.8 Å². The third-order valence-electron chi connectivity index (χ3n) is 8.52. The van der Waals surface area contributed by atoms with Crippen LogP contribution in [0.15, 0.2) is 66.2 Å². The molecule has 15 heteroatoms. The van der Waals surface area contributed by atoms with E-state index >= 15 is 0 Å². The highest BCUT2D eigenvalue weighted by atomic mass is 32.2. The first-order chi connectivity index (χ1) is 23.3. The van der Waals surface area contributed by atoms with Gasteiger partial charge in [0.1, 0.15) is 6.04 Å². The molecule has 282 valence electrons. The number of likely N-dealkylation sites (N-methyl/N-ethyl adjacent to an activating group) is 2. The third-order valence-corrected chi connectivity index (χ3v) is 9.73. The van der Waals surface area contributed by atoms with E-state index in [4.69, 9.17) is 0 Å². The van der Waals surface area contributed by atoms with Crippen molar-refractivity contribution < 1.29 is 40.8 Å². The second kappa shape index (κ2) is 16.9. The van der Waals surface area contributed by atoms with Gasteiger partial charge in [0.15, 0.2) is 0 Å². The molecule has 0 aliphatic heterocycles. The Kier molecular flexibility index (Phi) is 14.2. The monoisotopic (exact) mass is 737 g/mol. The van der Waals surface area contributed by atoms with Crippen LogP contribution in [0, 0.1) is 11.3 Å². The fourth-order valence-corrected chi connectivity index (χ4v) is 6.67. The van der Waals surface area contributed by atoms with Gasteiger partial charge in [0.2, 0.25) is 21.8 Å². The van der Waals surface area contributed by atoms with Crippen LogP contribution < -0.4 is 20.7 Å². The van der Waals surface area contributed by atoms with E-state index in [0.717, 1.165) is 17.7 Å². The Hall–Kier alpha value is -4.24. The minimum Gasteiger partial charge on any atom is -0.342 e. The molecular weight excluding hydrogens is 687 g/mol. The van der Waals surface area contributed by atoms with Crippen molar-refractivity contribution in [1.82, 2.24) is 20.3 Å². The summed E-state index contributed by atoms with van der Waals surface area (Å²) >= 11 is 0. The number of carbonyl (C=O) groups excluding carboxylic acids is 4. The number of sulfonamides is 1. The standard InChI is InChI=1S/C36H50F3N5O6S/c1-22(2)27(20-23(3)30(45)43-51(49,50)21-24-16-18-26(19-17-24)41-33(48)36(37,38)39)44(10)32(47)29(34(4,5)6)42-31(46)28(40-9)35(7,8)25-14-12-11-13-15-25/h11-20,22,27-29,40H,21H2,1-10H3,(H,41,48)(H,42,46)(H,43,45). The highest BCUT2D eigenvalue weighted by Crippen LogP contribution is 2.29. The Balaban J connectivity index is 2.23. The number of amides is 4. The second-order valence-corrected chi connectivity index (χ2v) is 16.2. The fraction of sp³-hybridized carbons (Fsp3) is 0.500. The summed E-state index contributed by atoms with van der Waals surface area (Å²) in [5, 5.41) is 7.73. The Bertz CT molecular complexity index is 1690. The normalized spacial score (nSPS) is 14.7. The number of rotatable bonds is 14. The first kappa shape index (κ1) is 42.9. The van der Waals surface area contributed by atoms with E-state index < -0.39 is 68.6 Å². The highest BCUT2D eigenvalue weighted by molar-refractivity contribution is 7.89. The third kappa shape index (κ3) is 11.9. The minimum atomic E-state index is -5.09. The first-order valence-electron chi connectivity index (χ1n) is 16.3. The summed E-state index contributed by atoms with van der Waals surface area (Å²) < 4.78 is 65.2. The summed E-state index contributed by atoms with van der Waals surface area (Å²) in [6.45, 7) is 14.4. The molecule has 51 heavy (non-hydrogen) atoms. The van der Waals surface area contributed by atoms with Gasteiger partial charge >= 0.3 is 12.1 Å². The van der Waals surface area contributed by atoms with Crippen LogP contribution in [0.4, 0.5) is 18.9 Å². The van der Waals surface area contributed by atoms with Crippen molar-refractivity contribution in [2.75, 3.05) is 19.4 Å². The molecular formula is C36H50F3N5O6S. The molecule has 3 unspecified atom stereocenters. The van der Waals surface area contributed by atoms with Gasteiger partial charge in [0.25, 0.3) is 5.91 Å². The number of hydrogen-bond acceptors (Lipinski definition) is 7. The maximum atomic E-state index is 14.1. The lowest BCUT2D eigenvalue weighted by atomic mass is 9.76. The predicted octanol–water partition coefficient (Wildman–Crippen LogP) is 4.66. The van der Waals surface area contributed by atoms with Crippen molar-refractivity contribution in [3.05, 3.63) is 77.4 Å². The molecule has 4 N–H and O–H groups in total. The maximum absolute atomic E-state index is 14.1. The van der Waals surface area contributed by atoms with E-state index in [-0.39, 0.29) is 28.6 Å². The smallest absolute Gasteiger partial charge is 0.342 e. The Labute approximate surface area is 298 Å². The first-order valence-corrected chi connectivity index (χ1v) is 18.0. The molecule has 2 aromatic rings. The molecule has 2 rings (SSSR count).